The minimum atomic E-state index is -0.501. The Morgan fingerprint density at radius 3 is 2.00 bits per heavy atom. The molecule has 0 heterocycles. The summed E-state index contributed by atoms with van der Waals surface area (Å²) < 4.78 is 0. The summed E-state index contributed by atoms with van der Waals surface area (Å²) in [5, 5.41) is 9.40. The molecule has 0 spiro atoms. The number of rotatable bonds is 1. The molecule has 2 atom stereocenters. The molecule has 1 N–H and O–H groups in total. The summed E-state index contributed by atoms with van der Waals surface area (Å²) in [7, 11) is 0. The number of aliphatic carboxylic acids is 1. The Morgan fingerprint density at radius 2 is 1.50 bits per heavy atom. The first kappa shape index (κ1) is 8.75. The van der Waals surface area contributed by atoms with Gasteiger partial charge in [0.1, 0.15) is 0 Å². The first-order valence-electron chi connectivity index (χ1n) is 5.91. The van der Waals surface area contributed by atoms with Crippen LogP contribution < -0.4 is 0 Å². The molecule has 0 unspecified atom stereocenters. The highest BCUT2D eigenvalue weighted by Gasteiger charge is 2.52. The highest BCUT2D eigenvalue weighted by Crippen LogP contribution is 2.57. The lowest BCUT2D eigenvalue weighted by atomic mass is 9.58. The van der Waals surface area contributed by atoms with E-state index in [2.05, 4.69) is 0 Å². The second-order valence-corrected chi connectivity index (χ2v) is 5.84. The third kappa shape index (κ3) is 1.12. The van der Waals surface area contributed by atoms with Gasteiger partial charge >= 0.3 is 5.97 Å². The molecule has 4 aliphatic carbocycles. The van der Waals surface area contributed by atoms with Crippen molar-refractivity contribution in [3.8, 4) is 0 Å². The maximum Gasteiger partial charge on any atom is 0.309 e. The number of hydrogen-bond acceptors (Lipinski definition) is 1. The summed E-state index contributed by atoms with van der Waals surface area (Å²) in [4.78, 5) is 11.4. The van der Waals surface area contributed by atoms with Crippen LogP contribution in [0.25, 0.3) is 0 Å². The van der Waals surface area contributed by atoms with Crippen molar-refractivity contribution in [2.24, 2.45) is 23.2 Å². The van der Waals surface area contributed by atoms with Crippen LogP contribution in [0, 0.1) is 23.2 Å². The molecule has 78 valence electrons. The Bertz CT molecular complexity index is 255. The molecule has 0 aromatic rings. The summed E-state index contributed by atoms with van der Waals surface area (Å²) in [6.07, 6.45) is 8.20. The predicted molar refractivity (Wildman–Crippen MR) is 52.9 cm³/mol. The maximum atomic E-state index is 11.4. The van der Waals surface area contributed by atoms with E-state index in [0.29, 0.717) is 0 Å². The number of carbonyl (C=O) groups is 1. The lowest BCUT2D eigenvalue weighted by Crippen LogP contribution is -2.43. The van der Waals surface area contributed by atoms with Gasteiger partial charge in [0.25, 0.3) is 0 Å². The Balaban J connectivity index is 1.97. The molecule has 4 bridgehead atoms. The zero-order chi connectivity index (χ0) is 9.76. The van der Waals surface area contributed by atoms with Crippen LogP contribution in [0.5, 0.6) is 0 Å². The largest absolute Gasteiger partial charge is 0.481 e. The zero-order valence-electron chi connectivity index (χ0n) is 8.54. The van der Waals surface area contributed by atoms with Crippen LogP contribution in [0.1, 0.15) is 44.9 Å². The monoisotopic (exact) mass is 194 g/mol. The van der Waals surface area contributed by atoms with E-state index in [1.165, 1.54) is 25.7 Å². The van der Waals surface area contributed by atoms with Crippen molar-refractivity contribution in [2.45, 2.75) is 44.9 Å². The average Bonchev–Trinajstić information content (AvgIpc) is 2.32. The molecule has 4 fully saturated rings. The molecular weight excluding hydrogens is 176 g/mol. The summed E-state index contributed by atoms with van der Waals surface area (Å²) in [6, 6.07) is 0. The molecule has 0 radical (unpaired) electrons. The summed E-state index contributed by atoms with van der Waals surface area (Å²) >= 11 is 0. The third-order valence-corrected chi connectivity index (χ3v) is 4.81. The van der Waals surface area contributed by atoms with Gasteiger partial charge in [-0.3, -0.25) is 4.79 Å². The first-order valence-corrected chi connectivity index (χ1v) is 5.91. The van der Waals surface area contributed by atoms with Gasteiger partial charge in [-0.1, -0.05) is 12.8 Å². The van der Waals surface area contributed by atoms with E-state index in [9.17, 15) is 9.90 Å². The van der Waals surface area contributed by atoms with Crippen LogP contribution in [0.4, 0.5) is 0 Å². The number of hydrogen-bond donors (Lipinski definition) is 1. The minimum Gasteiger partial charge on any atom is -0.481 e. The van der Waals surface area contributed by atoms with Crippen molar-refractivity contribution in [3.63, 3.8) is 0 Å². The standard InChI is InChI=1S/C12H18O2/c13-11(14)12-5-8-1-2-9(6-12)4-10(3-8)7-12/h8-10H,1-7H2,(H,13,14)/t8-,9-,10?,12?/m1/s1. The normalized spacial score (nSPS) is 50.4. The van der Waals surface area contributed by atoms with Gasteiger partial charge in [-0.15, -0.1) is 0 Å². The van der Waals surface area contributed by atoms with Crippen LogP contribution in [0.15, 0.2) is 0 Å². The van der Waals surface area contributed by atoms with E-state index in [-0.39, 0.29) is 5.41 Å². The van der Waals surface area contributed by atoms with E-state index in [1.54, 1.807) is 0 Å². The number of fused-ring (bicyclic) bond motifs is 1. The Kier molecular flexibility index (Phi) is 1.71. The van der Waals surface area contributed by atoms with Gasteiger partial charge in [0, 0.05) is 0 Å². The average molecular weight is 194 g/mol. The van der Waals surface area contributed by atoms with Gasteiger partial charge in [0.2, 0.25) is 0 Å². The van der Waals surface area contributed by atoms with Crippen molar-refractivity contribution in [2.75, 3.05) is 0 Å². The minimum absolute atomic E-state index is 0.299. The smallest absolute Gasteiger partial charge is 0.309 e. The van der Waals surface area contributed by atoms with Crippen LogP contribution >= 0.6 is 0 Å². The van der Waals surface area contributed by atoms with E-state index >= 15 is 0 Å². The molecule has 4 saturated carbocycles. The van der Waals surface area contributed by atoms with Gasteiger partial charge in [0.15, 0.2) is 0 Å². The molecule has 2 nitrogen and oxygen atoms in total. The van der Waals surface area contributed by atoms with Gasteiger partial charge in [-0.2, -0.15) is 0 Å². The molecule has 2 heteroatoms. The highest BCUT2D eigenvalue weighted by molar-refractivity contribution is 5.75. The van der Waals surface area contributed by atoms with Crippen LogP contribution in [-0.2, 0) is 4.79 Å². The Hall–Kier alpha value is -0.530. The van der Waals surface area contributed by atoms with Crippen molar-refractivity contribution in [1.82, 2.24) is 0 Å². The van der Waals surface area contributed by atoms with Crippen molar-refractivity contribution >= 4 is 5.97 Å². The topological polar surface area (TPSA) is 37.3 Å². The summed E-state index contributed by atoms with van der Waals surface area (Å²) in [5.74, 6) is 1.71. The molecule has 0 aromatic carbocycles. The Morgan fingerprint density at radius 1 is 1.00 bits per heavy atom. The fourth-order valence-corrected chi connectivity index (χ4v) is 4.45. The van der Waals surface area contributed by atoms with Gasteiger partial charge in [0.05, 0.1) is 5.41 Å². The highest BCUT2D eigenvalue weighted by atomic mass is 16.4. The van der Waals surface area contributed by atoms with Crippen LogP contribution in [0.3, 0.4) is 0 Å². The lowest BCUT2D eigenvalue weighted by molar-refractivity contribution is -0.157. The predicted octanol–water partition coefficient (Wildman–Crippen LogP) is 2.68. The van der Waals surface area contributed by atoms with Gasteiger partial charge in [-0.05, 0) is 49.9 Å². The SMILES string of the molecule is O=C(O)C12CC3C[C@@H](CC[C@H](C3)C1)C2. The number of carboxylic acid groups (broad SMARTS) is 1. The van der Waals surface area contributed by atoms with E-state index in [1.807, 2.05) is 0 Å². The van der Waals surface area contributed by atoms with E-state index in [0.717, 1.165) is 37.0 Å². The molecule has 4 aliphatic rings. The fraction of sp³-hybridized carbons (Fsp3) is 0.917. The molecule has 0 saturated heterocycles. The van der Waals surface area contributed by atoms with E-state index in [4.69, 9.17) is 0 Å². The van der Waals surface area contributed by atoms with E-state index < -0.39 is 5.97 Å². The zero-order valence-corrected chi connectivity index (χ0v) is 8.54. The molecule has 0 aliphatic heterocycles. The first-order chi connectivity index (χ1) is 6.68. The third-order valence-electron chi connectivity index (χ3n) is 4.81. The summed E-state index contributed by atoms with van der Waals surface area (Å²) in [5.41, 5.74) is -0.299. The van der Waals surface area contributed by atoms with Crippen molar-refractivity contribution in [3.05, 3.63) is 0 Å². The molecule has 4 rings (SSSR count). The summed E-state index contributed by atoms with van der Waals surface area (Å²) in [6.45, 7) is 0. The van der Waals surface area contributed by atoms with Crippen molar-refractivity contribution in [1.29, 1.82) is 0 Å². The number of carboxylic acids is 1. The second-order valence-electron chi connectivity index (χ2n) is 5.84. The van der Waals surface area contributed by atoms with Crippen LogP contribution in [-0.4, -0.2) is 11.1 Å². The van der Waals surface area contributed by atoms with Gasteiger partial charge in [-0.25, -0.2) is 0 Å². The molecule has 0 amide bonds. The second kappa shape index (κ2) is 2.74. The molecular formula is C12H18O2. The van der Waals surface area contributed by atoms with Crippen LogP contribution in [0.2, 0.25) is 0 Å². The molecule has 14 heavy (non-hydrogen) atoms. The quantitative estimate of drug-likeness (QED) is 0.696. The van der Waals surface area contributed by atoms with Gasteiger partial charge < -0.3 is 5.11 Å². The lowest BCUT2D eigenvalue weighted by Gasteiger charge is -2.45. The Labute approximate surface area is 84.7 Å². The molecule has 0 aromatic heterocycles. The maximum absolute atomic E-state index is 11.4. The van der Waals surface area contributed by atoms with Crippen molar-refractivity contribution < 1.29 is 9.90 Å². The fourth-order valence-electron chi connectivity index (χ4n) is 4.45.